The molecule has 1 aromatic carbocycles. The first-order valence-corrected chi connectivity index (χ1v) is 6.85. The number of nitro groups is 1. The quantitative estimate of drug-likeness (QED) is 0.593. The van der Waals surface area contributed by atoms with Gasteiger partial charge in [0.15, 0.2) is 0 Å². The van der Waals surface area contributed by atoms with Gasteiger partial charge in [-0.15, -0.1) is 0 Å². The van der Waals surface area contributed by atoms with Gasteiger partial charge < -0.3 is 5.32 Å². The van der Waals surface area contributed by atoms with E-state index in [0.29, 0.717) is 10.6 Å². The number of aromatic nitrogens is 1. The number of hydrogen-bond donors (Lipinski definition) is 1. The molecule has 1 N–H and O–H groups in total. The molecule has 2 aromatic heterocycles. The van der Waals surface area contributed by atoms with Crippen LogP contribution in [-0.2, 0) is 0 Å². The minimum Gasteiger partial charge on any atom is -0.321 e. The maximum atomic E-state index is 12.0. The van der Waals surface area contributed by atoms with E-state index in [4.69, 9.17) is 0 Å². The van der Waals surface area contributed by atoms with Gasteiger partial charge in [-0.25, -0.2) is 0 Å². The Morgan fingerprint density at radius 1 is 1.24 bits per heavy atom. The SMILES string of the molecule is O=C(Nc1ccc2ncccc2c1)c1ccc([N+](=O)[O-])s1. The lowest BCUT2D eigenvalue weighted by Crippen LogP contribution is -2.09. The smallest absolute Gasteiger partial charge is 0.321 e. The van der Waals surface area contributed by atoms with Gasteiger partial charge in [0.25, 0.3) is 5.91 Å². The van der Waals surface area contributed by atoms with E-state index in [1.807, 2.05) is 24.3 Å². The van der Waals surface area contributed by atoms with E-state index in [0.717, 1.165) is 22.2 Å². The van der Waals surface area contributed by atoms with Crippen LogP contribution in [0.2, 0.25) is 0 Å². The molecule has 7 heteroatoms. The maximum Gasteiger partial charge on any atom is 0.324 e. The van der Waals surface area contributed by atoms with Crippen LogP contribution in [0.4, 0.5) is 10.7 Å². The summed E-state index contributed by atoms with van der Waals surface area (Å²) < 4.78 is 0. The zero-order valence-electron chi connectivity index (χ0n) is 10.6. The third-order valence-electron chi connectivity index (χ3n) is 2.86. The Balaban J connectivity index is 1.83. The van der Waals surface area contributed by atoms with Crippen LogP contribution in [0.1, 0.15) is 9.67 Å². The number of hydrogen-bond acceptors (Lipinski definition) is 5. The number of carbonyl (C=O) groups is 1. The average Bonchev–Trinajstić information content (AvgIpc) is 2.97. The number of benzene rings is 1. The second kappa shape index (κ2) is 5.29. The van der Waals surface area contributed by atoms with Gasteiger partial charge >= 0.3 is 5.00 Å². The van der Waals surface area contributed by atoms with E-state index >= 15 is 0 Å². The molecular formula is C14H9N3O3S. The van der Waals surface area contributed by atoms with Gasteiger partial charge in [0, 0.05) is 23.3 Å². The van der Waals surface area contributed by atoms with E-state index < -0.39 is 4.92 Å². The van der Waals surface area contributed by atoms with E-state index in [-0.39, 0.29) is 10.9 Å². The van der Waals surface area contributed by atoms with Crippen molar-refractivity contribution < 1.29 is 9.72 Å². The van der Waals surface area contributed by atoms with Crippen LogP contribution in [0, 0.1) is 10.1 Å². The Hall–Kier alpha value is -2.80. The standard InChI is InChI=1S/C14H9N3O3S/c18-14(12-5-6-13(21-12)17(19)20)16-10-3-4-11-9(8-10)2-1-7-15-11/h1-8H,(H,16,18). The molecule has 0 saturated carbocycles. The lowest BCUT2D eigenvalue weighted by atomic mass is 10.2. The summed E-state index contributed by atoms with van der Waals surface area (Å²) in [6, 6.07) is 11.8. The van der Waals surface area contributed by atoms with Crippen molar-refractivity contribution in [3.63, 3.8) is 0 Å². The summed E-state index contributed by atoms with van der Waals surface area (Å²) in [5.41, 5.74) is 1.46. The molecule has 0 radical (unpaired) electrons. The van der Waals surface area contributed by atoms with Crippen molar-refractivity contribution in [3.8, 4) is 0 Å². The lowest BCUT2D eigenvalue weighted by Gasteiger charge is -2.04. The Bertz CT molecular complexity index is 844. The number of pyridine rings is 1. The van der Waals surface area contributed by atoms with E-state index in [1.54, 1.807) is 12.3 Å². The van der Waals surface area contributed by atoms with Gasteiger partial charge in [-0.3, -0.25) is 19.9 Å². The highest BCUT2D eigenvalue weighted by atomic mass is 32.1. The van der Waals surface area contributed by atoms with Crippen LogP contribution in [0.15, 0.2) is 48.7 Å². The minimum absolute atomic E-state index is 0.0529. The molecule has 0 aliphatic carbocycles. The normalized spacial score (nSPS) is 10.5. The molecule has 0 unspecified atom stereocenters. The molecule has 21 heavy (non-hydrogen) atoms. The van der Waals surface area contributed by atoms with Crippen molar-refractivity contribution in [1.29, 1.82) is 0 Å². The fraction of sp³-hybridized carbons (Fsp3) is 0. The predicted molar refractivity (Wildman–Crippen MR) is 80.7 cm³/mol. The largest absolute Gasteiger partial charge is 0.324 e. The highest BCUT2D eigenvalue weighted by Crippen LogP contribution is 2.25. The topological polar surface area (TPSA) is 85.1 Å². The average molecular weight is 299 g/mol. The molecule has 104 valence electrons. The summed E-state index contributed by atoms with van der Waals surface area (Å²) in [5.74, 6) is -0.364. The van der Waals surface area contributed by atoms with E-state index in [1.165, 1.54) is 12.1 Å². The summed E-state index contributed by atoms with van der Waals surface area (Å²) in [7, 11) is 0. The van der Waals surface area contributed by atoms with Crippen LogP contribution >= 0.6 is 11.3 Å². The molecule has 0 bridgehead atoms. The number of fused-ring (bicyclic) bond motifs is 1. The van der Waals surface area contributed by atoms with Crippen LogP contribution < -0.4 is 5.32 Å². The first kappa shape index (κ1) is 13.2. The molecule has 0 fully saturated rings. The number of anilines is 1. The van der Waals surface area contributed by atoms with Crippen molar-refractivity contribution in [3.05, 3.63) is 63.7 Å². The zero-order chi connectivity index (χ0) is 14.8. The number of nitrogens with one attached hydrogen (secondary N) is 1. The highest BCUT2D eigenvalue weighted by molar-refractivity contribution is 7.17. The fourth-order valence-corrected chi connectivity index (χ4v) is 2.61. The monoisotopic (exact) mass is 299 g/mol. The van der Waals surface area contributed by atoms with Gasteiger partial charge in [0.05, 0.1) is 15.3 Å². The third kappa shape index (κ3) is 2.72. The molecule has 0 saturated heterocycles. The fourth-order valence-electron chi connectivity index (χ4n) is 1.89. The second-order valence-electron chi connectivity index (χ2n) is 4.26. The van der Waals surface area contributed by atoms with Crippen LogP contribution in [0.5, 0.6) is 0 Å². The van der Waals surface area contributed by atoms with Crippen molar-refractivity contribution in [2.45, 2.75) is 0 Å². The summed E-state index contributed by atoms with van der Waals surface area (Å²) in [4.78, 5) is 26.7. The molecule has 0 aliphatic rings. The Morgan fingerprint density at radius 2 is 2.10 bits per heavy atom. The number of thiophene rings is 1. The number of carbonyl (C=O) groups excluding carboxylic acids is 1. The minimum atomic E-state index is -0.511. The molecule has 0 aliphatic heterocycles. The van der Waals surface area contributed by atoms with Crippen molar-refractivity contribution in [1.82, 2.24) is 4.98 Å². The maximum absolute atomic E-state index is 12.0. The first-order valence-electron chi connectivity index (χ1n) is 6.04. The van der Waals surface area contributed by atoms with Gasteiger partial charge in [0.2, 0.25) is 0 Å². The van der Waals surface area contributed by atoms with Crippen molar-refractivity contribution in [2.24, 2.45) is 0 Å². The van der Waals surface area contributed by atoms with Crippen molar-refractivity contribution >= 4 is 38.8 Å². The summed E-state index contributed by atoms with van der Waals surface area (Å²) in [5, 5.41) is 14.2. The number of amides is 1. The van der Waals surface area contributed by atoms with Gasteiger partial charge in [-0.05, 0) is 30.3 Å². The van der Waals surface area contributed by atoms with Crippen LogP contribution in [0.3, 0.4) is 0 Å². The number of nitrogens with zero attached hydrogens (tertiary/aromatic N) is 2. The molecule has 0 atom stereocenters. The third-order valence-corrected chi connectivity index (χ3v) is 3.89. The zero-order valence-corrected chi connectivity index (χ0v) is 11.5. The van der Waals surface area contributed by atoms with E-state index in [9.17, 15) is 14.9 Å². The van der Waals surface area contributed by atoms with Crippen LogP contribution in [0.25, 0.3) is 10.9 Å². The highest BCUT2D eigenvalue weighted by Gasteiger charge is 2.15. The molecule has 6 nitrogen and oxygen atoms in total. The van der Waals surface area contributed by atoms with Gasteiger partial charge in [0.1, 0.15) is 0 Å². The summed E-state index contributed by atoms with van der Waals surface area (Å²) >= 11 is 0.848. The molecule has 3 rings (SSSR count). The first-order chi connectivity index (χ1) is 10.1. The van der Waals surface area contributed by atoms with Crippen molar-refractivity contribution in [2.75, 3.05) is 5.32 Å². The van der Waals surface area contributed by atoms with Gasteiger partial charge in [-0.2, -0.15) is 0 Å². The predicted octanol–water partition coefficient (Wildman–Crippen LogP) is 3.46. The number of rotatable bonds is 3. The summed E-state index contributed by atoms with van der Waals surface area (Å²) in [6.07, 6.45) is 1.70. The lowest BCUT2D eigenvalue weighted by molar-refractivity contribution is -0.380. The molecule has 1 amide bonds. The molecule has 2 heterocycles. The molecule has 3 aromatic rings. The van der Waals surface area contributed by atoms with Gasteiger partial charge in [-0.1, -0.05) is 17.4 Å². The molecular weight excluding hydrogens is 290 g/mol. The summed E-state index contributed by atoms with van der Waals surface area (Å²) in [6.45, 7) is 0. The van der Waals surface area contributed by atoms with Crippen LogP contribution in [-0.4, -0.2) is 15.8 Å². The Morgan fingerprint density at radius 3 is 2.86 bits per heavy atom. The Labute approximate surface area is 123 Å². The molecule has 0 spiro atoms. The van der Waals surface area contributed by atoms with E-state index in [2.05, 4.69) is 10.3 Å². The Kier molecular flexibility index (Phi) is 3.33. The second-order valence-corrected chi connectivity index (χ2v) is 5.32.